The fourth-order valence-corrected chi connectivity index (χ4v) is 5.93. The number of fused-ring (bicyclic) bond motifs is 2. The Balaban J connectivity index is 1.22. The lowest BCUT2D eigenvalue weighted by Gasteiger charge is -2.33. The van der Waals surface area contributed by atoms with Gasteiger partial charge in [0.15, 0.2) is 0 Å². The van der Waals surface area contributed by atoms with E-state index in [2.05, 4.69) is 4.90 Å². The first-order valence-electron chi connectivity index (χ1n) is 14.9. The van der Waals surface area contributed by atoms with Crippen LogP contribution in [0, 0.1) is 26.6 Å². The standard InChI is InChI=1S/C37H35FN2O5/c1-23-17-35(43-22-28-20-39(4)33-12-8-9-13-34(33)45-28)24(2)16-29(23)37(42)40-25(3)30(31-18-27(38)14-15-32(31)40)19-36(41)44-21-26-10-6-5-7-11-26/h5-18,28H,19-22H2,1-4H3/t28-/m0/s1. The number of hydrogen-bond acceptors (Lipinski definition) is 6. The van der Waals surface area contributed by atoms with Crippen LogP contribution < -0.4 is 14.4 Å². The number of benzene rings is 4. The largest absolute Gasteiger partial charge is 0.489 e. The molecule has 1 atom stereocenters. The SMILES string of the molecule is Cc1cc(C(=O)n2c(C)c(CC(=O)OCc3ccccc3)c3cc(F)ccc32)c(C)cc1OC[C@@H]1CN(C)c2ccccc2O1. The van der Waals surface area contributed by atoms with E-state index in [9.17, 15) is 14.0 Å². The van der Waals surface area contributed by atoms with Crippen LogP contribution in [0.1, 0.15) is 38.3 Å². The summed E-state index contributed by atoms with van der Waals surface area (Å²) in [5.74, 6) is 0.326. The van der Waals surface area contributed by atoms with E-state index in [0.29, 0.717) is 46.6 Å². The Labute approximate surface area is 261 Å². The molecule has 6 rings (SSSR count). The van der Waals surface area contributed by atoms with Crippen LogP contribution in [0.3, 0.4) is 0 Å². The molecule has 1 aliphatic heterocycles. The molecule has 2 heterocycles. The van der Waals surface area contributed by atoms with Gasteiger partial charge in [0.05, 0.1) is 24.2 Å². The van der Waals surface area contributed by atoms with Gasteiger partial charge in [-0.2, -0.15) is 0 Å². The number of carbonyl (C=O) groups excluding carboxylic acids is 2. The van der Waals surface area contributed by atoms with Crippen molar-refractivity contribution >= 4 is 28.5 Å². The van der Waals surface area contributed by atoms with Gasteiger partial charge in [-0.05, 0) is 85.5 Å². The number of anilines is 1. The van der Waals surface area contributed by atoms with E-state index in [1.165, 1.54) is 12.1 Å². The summed E-state index contributed by atoms with van der Waals surface area (Å²) in [5.41, 5.74) is 5.60. The monoisotopic (exact) mass is 606 g/mol. The number of aryl methyl sites for hydroxylation is 2. The molecule has 0 bridgehead atoms. The number of para-hydroxylation sites is 2. The molecule has 8 heteroatoms. The zero-order valence-electron chi connectivity index (χ0n) is 25.8. The third-order valence-electron chi connectivity index (χ3n) is 8.29. The van der Waals surface area contributed by atoms with Crippen LogP contribution in [0.15, 0.2) is 84.9 Å². The first-order valence-corrected chi connectivity index (χ1v) is 14.9. The highest BCUT2D eigenvalue weighted by Gasteiger charge is 2.26. The average Bonchev–Trinajstić information content (AvgIpc) is 3.30. The zero-order valence-corrected chi connectivity index (χ0v) is 25.8. The lowest BCUT2D eigenvalue weighted by Crippen LogP contribution is -2.41. The fraction of sp³-hybridized carbons (Fsp3) is 0.243. The molecule has 1 aliphatic rings. The third-order valence-corrected chi connectivity index (χ3v) is 8.29. The highest BCUT2D eigenvalue weighted by molar-refractivity contribution is 6.05. The highest BCUT2D eigenvalue weighted by atomic mass is 19.1. The minimum Gasteiger partial charge on any atom is -0.489 e. The van der Waals surface area contributed by atoms with E-state index in [-0.39, 0.29) is 25.0 Å². The average molecular weight is 607 g/mol. The number of rotatable bonds is 8. The Morgan fingerprint density at radius 1 is 0.933 bits per heavy atom. The van der Waals surface area contributed by atoms with Crippen molar-refractivity contribution in [2.24, 2.45) is 0 Å². The van der Waals surface area contributed by atoms with E-state index in [1.54, 1.807) is 17.6 Å². The lowest BCUT2D eigenvalue weighted by atomic mass is 10.0. The normalized spacial score (nSPS) is 14.2. The van der Waals surface area contributed by atoms with Crippen molar-refractivity contribution in [1.29, 1.82) is 0 Å². The van der Waals surface area contributed by atoms with Crippen molar-refractivity contribution in [2.45, 2.75) is 39.9 Å². The molecular formula is C37H35FN2O5. The van der Waals surface area contributed by atoms with Gasteiger partial charge >= 0.3 is 5.97 Å². The van der Waals surface area contributed by atoms with Crippen molar-refractivity contribution < 1.29 is 28.2 Å². The zero-order chi connectivity index (χ0) is 31.7. The van der Waals surface area contributed by atoms with E-state index in [0.717, 1.165) is 28.1 Å². The summed E-state index contributed by atoms with van der Waals surface area (Å²) in [6.07, 6.45) is -0.245. The van der Waals surface area contributed by atoms with E-state index < -0.39 is 11.8 Å². The van der Waals surface area contributed by atoms with Crippen molar-refractivity contribution in [1.82, 2.24) is 4.57 Å². The molecule has 5 aromatic rings. The first-order chi connectivity index (χ1) is 21.7. The van der Waals surface area contributed by atoms with Crippen LogP contribution >= 0.6 is 0 Å². The van der Waals surface area contributed by atoms with Crippen LogP contribution in [0.5, 0.6) is 11.5 Å². The van der Waals surface area contributed by atoms with Gasteiger partial charge < -0.3 is 19.1 Å². The number of carbonyl (C=O) groups is 2. The summed E-state index contributed by atoms with van der Waals surface area (Å²) < 4.78 is 33.8. The molecule has 0 N–H and O–H groups in total. The molecule has 0 unspecified atom stereocenters. The van der Waals surface area contributed by atoms with Gasteiger partial charge in [-0.3, -0.25) is 14.2 Å². The molecule has 1 aromatic heterocycles. The smallest absolute Gasteiger partial charge is 0.310 e. The van der Waals surface area contributed by atoms with Crippen LogP contribution in [0.4, 0.5) is 10.1 Å². The van der Waals surface area contributed by atoms with Crippen LogP contribution in [-0.2, 0) is 22.6 Å². The highest BCUT2D eigenvalue weighted by Crippen LogP contribution is 2.33. The third kappa shape index (κ3) is 6.13. The van der Waals surface area contributed by atoms with Crippen molar-refractivity contribution in [3.63, 3.8) is 0 Å². The second-order valence-corrected chi connectivity index (χ2v) is 11.5. The van der Waals surface area contributed by atoms with Crippen molar-refractivity contribution in [3.05, 3.63) is 124 Å². The van der Waals surface area contributed by atoms with Gasteiger partial charge in [0, 0.05) is 23.7 Å². The Bertz CT molecular complexity index is 1900. The Morgan fingerprint density at radius 3 is 2.49 bits per heavy atom. The maximum Gasteiger partial charge on any atom is 0.310 e. The van der Waals surface area contributed by atoms with Crippen molar-refractivity contribution in [2.75, 3.05) is 25.1 Å². The molecule has 0 aliphatic carbocycles. The number of ether oxygens (including phenoxy) is 3. The molecule has 0 amide bonds. The molecule has 45 heavy (non-hydrogen) atoms. The maximum absolute atomic E-state index is 14.4. The number of esters is 1. The number of aromatic nitrogens is 1. The van der Waals surface area contributed by atoms with Gasteiger partial charge in [0.1, 0.15) is 36.6 Å². The predicted octanol–water partition coefficient (Wildman–Crippen LogP) is 6.96. The lowest BCUT2D eigenvalue weighted by molar-refractivity contribution is -0.144. The fourth-order valence-electron chi connectivity index (χ4n) is 5.93. The first kappa shape index (κ1) is 29.9. The Morgan fingerprint density at radius 2 is 1.69 bits per heavy atom. The minimum atomic E-state index is -0.456. The van der Waals surface area contributed by atoms with Gasteiger partial charge in [-0.25, -0.2) is 4.39 Å². The molecule has 0 spiro atoms. The molecule has 4 aromatic carbocycles. The second-order valence-electron chi connectivity index (χ2n) is 11.5. The number of nitrogens with zero attached hydrogens (tertiary/aromatic N) is 2. The van der Waals surface area contributed by atoms with E-state index in [4.69, 9.17) is 14.2 Å². The van der Waals surface area contributed by atoms with Crippen LogP contribution in [-0.4, -0.2) is 42.7 Å². The predicted molar refractivity (Wildman–Crippen MR) is 172 cm³/mol. The summed E-state index contributed by atoms with van der Waals surface area (Å²) in [7, 11) is 2.03. The summed E-state index contributed by atoms with van der Waals surface area (Å²) in [6, 6.07) is 25.3. The van der Waals surface area contributed by atoms with Gasteiger partial charge in [0.25, 0.3) is 5.91 Å². The Hall–Kier alpha value is -5.11. The molecule has 0 fully saturated rings. The quantitative estimate of drug-likeness (QED) is 0.178. The number of hydrogen-bond donors (Lipinski definition) is 0. The summed E-state index contributed by atoms with van der Waals surface area (Å²) >= 11 is 0. The number of halogens is 1. The Kier molecular flexibility index (Phi) is 8.30. The van der Waals surface area contributed by atoms with Gasteiger partial charge in [0.2, 0.25) is 0 Å². The van der Waals surface area contributed by atoms with Crippen molar-refractivity contribution in [3.8, 4) is 11.5 Å². The summed E-state index contributed by atoms with van der Waals surface area (Å²) in [6.45, 7) is 6.71. The molecule has 0 radical (unpaired) electrons. The van der Waals surface area contributed by atoms with Gasteiger partial charge in [-0.1, -0.05) is 42.5 Å². The maximum atomic E-state index is 14.4. The molecule has 7 nitrogen and oxygen atoms in total. The second kappa shape index (κ2) is 12.5. The molecular weight excluding hydrogens is 571 g/mol. The van der Waals surface area contributed by atoms with E-state index >= 15 is 0 Å². The minimum absolute atomic E-state index is 0.0907. The summed E-state index contributed by atoms with van der Waals surface area (Å²) in [5, 5.41) is 0.505. The number of likely N-dealkylation sites (N-methyl/N-ethyl adjacent to an activating group) is 1. The molecule has 0 saturated heterocycles. The van der Waals surface area contributed by atoms with Crippen LogP contribution in [0.2, 0.25) is 0 Å². The molecule has 0 saturated carbocycles. The topological polar surface area (TPSA) is 70.0 Å². The summed E-state index contributed by atoms with van der Waals surface area (Å²) in [4.78, 5) is 29.1. The van der Waals surface area contributed by atoms with E-state index in [1.807, 2.05) is 87.6 Å². The van der Waals surface area contributed by atoms with Crippen LogP contribution in [0.25, 0.3) is 10.9 Å². The molecule has 230 valence electrons. The van der Waals surface area contributed by atoms with Gasteiger partial charge in [-0.15, -0.1) is 0 Å².